The summed E-state index contributed by atoms with van der Waals surface area (Å²) in [6.07, 6.45) is 1.56. The molecule has 0 radical (unpaired) electrons. The van der Waals surface area contributed by atoms with Crippen LogP contribution in [0.25, 0.3) is 0 Å². The lowest BCUT2D eigenvalue weighted by atomic mass is 9.83. The molecule has 3 fully saturated rings. The van der Waals surface area contributed by atoms with Gasteiger partial charge in [0.1, 0.15) is 11.6 Å². The number of halogens is 4. The standard InChI is InChI=1S/C34H40F4N2O5/c1-33(2,43)13-12-19-6-11-28(44-3)25(15-19)31(41)40-30-23-9-8-22(24(23)16-20-5-4-14-45-18-20)29(30)32(42)39-21-7-10-27(35)26(17-21)34(36,37)38/h6-7,10-11,15-17,20,22-23,29-30,43H,4-5,8-9,12-14,18H2,1-3H3,(H,39,42)(H,40,41)/b24-16-. The second-order valence-corrected chi connectivity index (χ2v) is 13.0. The van der Waals surface area contributed by atoms with Crippen LogP contribution >= 0.6 is 0 Å². The lowest BCUT2D eigenvalue weighted by molar-refractivity contribution is -0.140. The van der Waals surface area contributed by atoms with E-state index in [0.717, 1.165) is 36.5 Å². The Morgan fingerprint density at radius 2 is 1.84 bits per heavy atom. The fourth-order valence-corrected chi connectivity index (χ4v) is 7.01. The molecule has 2 aromatic rings. The van der Waals surface area contributed by atoms with E-state index in [1.54, 1.807) is 26.0 Å². The maximum absolute atomic E-state index is 13.9. The van der Waals surface area contributed by atoms with Gasteiger partial charge in [0.2, 0.25) is 5.91 Å². The van der Waals surface area contributed by atoms with E-state index >= 15 is 0 Å². The van der Waals surface area contributed by atoms with Gasteiger partial charge in [-0.15, -0.1) is 0 Å². The van der Waals surface area contributed by atoms with E-state index in [-0.39, 0.29) is 29.0 Å². The molecule has 2 aliphatic carbocycles. The summed E-state index contributed by atoms with van der Waals surface area (Å²) >= 11 is 0. The van der Waals surface area contributed by atoms with Crippen molar-refractivity contribution in [3.63, 3.8) is 0 Å². The monoisotopic (exact) mass is 632 g/mol. The molecule has 0 aromatic heterocycles. The van der Waals surface area contributed by atoms with Crippen molar-refractivity contribution in [1.29, 1.82) is 0 Å². The van der Waals surface area contributed by atoms with E-state index < -0.39 is 46.9 Å². The minimum absolute atomic E-state index is 0.139. The molecule has 5 rings (SSSR count). The van der Waals surface area contributed by atoms with Crippen LogP contribution in [0.15, 0.2) is 48.0 Å². The van der Waals surface area contributed by atoms with Crippen LogP contribution in [0, 0.1) is 29.5 Å². The molecule has 2 aromatic carbocycles. The predicted molar refractivity (Wildman–Crippen MR) is 160 cm³/mol. The summed E-state index contributed by atoms with van der Waals surface area (Å²) in [4.78, 5) is 27.7. The molecule has 1 aliphatic heterocycles. The van der Waals surface area contributed by atoms with Gasteiger partial charge in [0.15, 0.2) is 0 Å². The topological polar surface area (TPSA) is 96.9 Å². The molecule has 2 saturated carbocycles. The number of benzene rings is 2. The maximum Gasteiger partial charge on any atom is 0.419 e. The Labute approximate surface area is 260 Å². The van der Waals surface area contributed by atoms with Gasteiger partial charge in [-0.25, -0.2) is 4.39 Å². The number of hydrogen-bond donors (Lipinski definition) is 3. The second-order valence-electron chi connectivity index (χ2n) is 13.0. The number of methoxy groups -OCH3 is 1. The van der Waals surface area contributed by atoms with Crippen molar-refractivity contribution in [2.24, 2.45) is 23.7 Å². The SMILES string of the molecule is COc1ccc(CCC(C)(C)O)cc1C(=O)NC1C2CCC(/C2=C/C2CCCOC2)C1C(=O)Nc1ccc(F)c(C(F)(F)F)c1. The van der Waals surface area contributed by atoms with Crippen molar-refractivity contribution in [2.45, 2.75) is 70.2 Å². The van der Waals surface area contributed by atoms with Crippen LogP contribution in [0.5, 0.6) is 5.75 Å². The van der Waals surface area contributed by atoms with Gasteiger partial charge in [-0.2, -0.15) is 13.2 Å². The number of aliphatic hydroxyl groups is 1. The Morgan fingerprint density at radius 3 is 2.51 bits per heavy atom. The summed E-state index contributed by atoms with van der Waals surface area (Å²) in [5.41, 5.74) is -0.339. The minimum Gasteiger partial charge on any atom is -0.496 e. The number of ether oxygens (including phenoxy) is 2. The normalized spacial score (nSPS) is 25.8. The van der Waals surface area contributed by atoms with E-state index in [4.69, 9.17) is 9.47 Å². The third-order valence-corrected chi connectivity index (χ3v) is 9.20. The maximum atomic E-state index is 13.9. The van der Waals surface area contributed by atoms with E-state index in [2.05, 4.69) is 16.7 Å². The molecule has 2 bridgehead atoms. The molecule has 0 spiro atoms. The van der Waals surface area contributed by atoms with Gasteiger partial charge in [0.05, 0.1) is 36.4 Å². The number of anilines is 1. The first-order valence-electron chi connectivity index (χ1n) is 15.4. The summed E-state index contributed by atoms with van der Waals surface area (Å²) < 4.78 is 65.2. The first-order valence-corrected chi connectivity index (χ1v) is 15.4. The summed E-state index contributed by atoms with van der Waals surface area (Å²) in [6.45, 7) is 4.70. The fourth-order valence-electron chi connectivity index (χ4n) is 7.01. The van der Waals surface area contributed by atoms with Crippen molar-refractivity contribution in [3.8, 4) is 5.75 Å². The van der Waals surface area contributed by atoms with Crippen molar-refractivity contribution in [1.82, 2.24) is 5.32 Å². The van der Waals surface area contributed by atoms with Gasteiger partial charge < -0.3 is 25.2 Å². The molecule has 11 heteroatoms. The van der Waals surface area contributed by atoms with Crippen LogP contribution in [0.2, 0.25) is 0 Å². The molecular formula is C34H40F4N2O5. The van der Waals surface area contributed by atoms with E-state index in [1.807, 2.05) is 6.07 Å². The first-order chi connectivity index (χ1) is 21.2. The summed E-state index contributed by atoms with van der Waals surface area (Å²) in [6, 6.07) is 7.00. The summed E-state index contributed by atoms with van der Waals surface area (Å²) in [5.74, 6) is -2.99. The number of carbonyl (C=O) groups excluding carboxylic acids is 2. The van der Waals surface area contributed by atoms with E-state index in [1.165, 1.54) is 7.11 Å². The van der Waals surface area contributed by atoms with Crippen LogP contribution in [0.1, 0.15) is 67.4 Å². The summed E-state index contributed by atoms with van der Waals surface area (Å²) in [7, 11) is 1.46. The average Bonchev–Trinajstić information content (AvgIpc) is 3.50. The van der Waals surface area contributed by atoms with Crippen molar-refractivity contribution >= 4 is 17.5 Å². The van der Waals surface area contributed by atoms with Gasteiger partial charge in [0, 0.05) is 30.2 Å². The molecule has 1 saturated heterocycles. The van der Waals surface area contributed by atoms with Gasteiger partial charge in [-0.05, 0) is 94.2 Å². The van der Waals surface area contributed by atoms with Gasteiger partial charge in [0.25, 0.3) is 5.91 Å². The molecule has 5 atom stereocenters. The Morgan fingerprint density at radius 1 is 1.09 bits per heavy atom. The Kier molecular flexibility index (Phi) is 9.60. The summed E-state index contributed by atoms with van der Waals surface area (Å²) in [5, 5.41) is 15.8. The number of carbonyl (C=O) groups is 2. The van der Waals surface area contributed by atoms with E-state index in [9.17, 15) is 32.3 Å². The molecule has 2 amide bonds. The van der Waals surface area contributed by atoms with Crippen LogP contribution in [-0.4, -0.2) is 48.9 Å². The Bertz CT molecular complexity index is 1450. The number of amides is 2. The molecule has 45 heavy (non-hydrogen) atoms. The highest BCUT2D eigenvalue weighted by Crippen LogP contribution is 2.53. The van der Waals surface area contributed by atoms with Gasteiger partial charge in [-0.1, -0.05) is 17.7 Å². The van der Waals surface area contributed by atoms with Crippen LogP contribution in [0.3, 0.4) is 0 Å². The molecule has 7 nitrogen and oxygen atoms in total. The Hall–Kier alpha value is -3.44. The number of alkyl halides is 3. The van der Waals surface area contributed by atoms with Gasteiger partial charge >= 0.3 is 6.18 Å². The Balaban J connectivity index is 1.44. The lowest BCUT2D eigenvalue weighted by Crippen LogP contribution is -2.48. The fraction of sp³-hybridized carbons (Fsp3) is 0.529. The molecule has 5 unspecified atom stereocenters. The number of nitrogens with one attached hydrogen (secondary N) is 2. The highest BCUT2D eigenvalue weighted by atomic mass is 19.4. The van der Waals surface area contributed by atoms with Crippen LogP contribution in [0.4, 0.5) is 23.2 Å². The lowest BCUT2D eigenvalue weighted by Gasteiger charge is -2.30. The number of rotatable bonds is 9. The van der Waals surface area contributed by atoms with Crippen LogP contribution in [-0.2, 0) is 22.1 Å². The molecule has 244 valence electrons. The number of fused-ring (bicyclic) bond motifs is 2. The highest BCUT2D eigenvalue weighted by Gasteiger charge is 2.55. The van der Waals surface area contributed by atoms with Crippen LogP contribution < -0.4 is 15.4 Å². The zero-order valence-corrected chi connectivity index (χ0v) is 25.7. The molecule has 3 N–H and O–H groups in total. The van der Waals surface area contributed by atoms with Crippen molar-refractivity contribution in [3.05, 3.63) is 70.6 Å². The number of hydrogen-bond acceptors (Lipinski definition) is 5. The molecule has 1 heterocycles. The third-order valence-electron chi connectivity index (χ3n) is 9.20. The zero-order valence-electron chi connectivity index (χ0n) is 25.7. The van der Waals surface area contributed by atoms with Gasteiger partial charge in [-0.3, -0.25) is 9.59 Å². The van der Waals surface area contributed by atoms with Crippen molar-refractivity contribution < 1.29 is 41.7 Å². The third kappa shape index (κ3) is 7.52. The number of aryl methyl sites for hydroxylation is 1. The first kappa shape index (κ1) is 32.9. The second kappa shape index (κ2) is 13.1. The predicted octanol–water partition coefficient (Wildman–Crippen LogP) is 6.30. The smallest absolute Gasteiger partial charge is 0.419 e. The molecular weight excluding hydrogens is 592 g/mol. The van der Waals surface area contributed by atoms with Crippen molar-refractivity contribution in [2.75, 3.05) is 25.6 Å². The average molecular weight is 633 g/mol. The zero-order chi connectivity index (χ0) is 32.5. The quantitative estimate of drug-likeness (QED) is 0.223. The minimum atomic E-state index is -4.92. The highest BCUT2D eigenvalue weighted by molar-refractivity contribution is 5.99. The largest absolute Gasteiger partial charge is 0.496 e. The molecule has 3 aliphatic rings. The van der Waals surface area contributed by atoms with E-state index in [0.29, 0.717) is 50.4 Å².